The highest BCUT2D eigenvalue weighted by atomic mass is 15.2. The topological polar surface area (TPSA) is 15.3 Å². The highest BCUT2D eigenvalue weighted by Gasteiger charge is 2.09. The van der Waals surface area contributed by atoms with Gasteiger partial charge in [0, 0.05) is 25.2 Å². The van der Waals surface area contributed by atoms with Crippen LogP contribution in [0.25, 0.3) is 0 Å². The maximum atomic E-state index is 3.59. The lowest BCUT2D eigenvalue weighted by molar-refractivity contribution is 0.212. The summed E-state index contributed by atoms with van der Waals surface area (Å²) in [6.07, 6.45) is 3.81. The minimum atomic E-state index is 0.672. The van der Waals surface area contributed by atoms with Crippen LogP contribution in [0, 0.1) is 0 Å². The molecule has 0 fully saturated rings. The summed E-state index contributed by atoms with van der Waals surface area (Å²) in [6.45, 7) is 14.8. The maximum absolute atomic E-state index is 3.59. The molecular formula is C13H30N2. The third-order valence-corrected chi connectivity index (χ3v) is 3.23. The summed E-state index contributed by atoms with van der Waals surface area (Å²) in [5.41, 5.74) is 0. The van der Waals surface area contributed by atoms with Crippen LogP contribution in [0.3, 0.4) is 0 Å². The lowest BCUT2D eigenvalue weighted by atomic mass is 10.2. The molecule has 2 nitrogen and oxygen atoms in total. The summed E-state index contributed by atoms with van der Waals surface area (Å²) < 4.78 is 0. The van der Waals surface area contributed by atoms with E-state index in [9.17, 15) is 0 Å². The molecule has 0 radical (unpaired) electrons. The molecule has 0 aromatic carbocycles. The lowest BCUT2D eigenvalue weighted by Crippen LogP contribution is -2.40. The molecule has 0 aliphatic carbocycles. The van der Waals surface area contributed by atoms with Gasteiger partial charge in [-0.15, -0.1) is 0 Å². The van der Waals surface area contributed by atoms with Gasteiger partial charge in [-0.2, -0.15) is 0 Å². The van der Waals surface area contributed by atoms with Crippen LogP contribution in [0.15, 0.2) is 0 Å². The van der Waals surface area contributed by atoms with Crippen molar-refractivity contribution >= 4 is 0 Å². The molecule has 0 saturated heterocycles. The van der Waals surface area contributed by atoms with Gasteiger partial charge in [0.15, 0.2) is 0 Å². The van der Waals surface area contributed by atoms with E-state index in [0.717, 1.165) is 12.6 Å². The average molecular weight is 214 g/mol. The number of likely N-dealkylation sites (N-methyl/N-ethyl adjacent to an activating group) is 1. The van der Waals surface area contributed by atoms with Gasteiger partial charge in [-0.25, -0.2) is 0 Å². The second kappa shape index (κ2) is 9.17. The van der Waals surface area contributed by atoms with Crippen LogP contribution in [-0.2, 0) is 0 Å². The van der Waals surface area contributed by atoms with E-state index in [4.69, 9.17) is 0 Å². The zero-order valence-electron chi connectivity index (χ0n) is 11.3. The van der Waals surface area contributed by atoms with E-state index in [1.165, 1.54) is 32.4 Å². The summed E-state index contributed by atoms with van der Waals surface area (Å²) in [7, 11) is 0. The van der Waals surface area contributed by atoms with Crippen LogP contribution in [0.2, 0.25) is 0 Å². The Hall–Kier alpha value is -0.0800. The van der Waals surface area contributed by atoms with E-state index < -0.39 is 0 Å². The Morgan fingerprint density at radius 1 is 1.13 bits per heavy atom. The first kappa shape index (κ1) is 14.9. The molecule has 0 heterocycles. The number of nitrogens with one attached hydrogen (secondary N) is 1. The average Bonchev–Trinajstić information content (AvgIpc) is 2.24. The van der Waals surface area contributed by atoms with Gasteiger partial charge in [0.1, 0.15) is 0 Å². The Bertz CT molecular complexity index is 136. The molecular weight excluding hydrogens is 184 g/mol. The van der Waals surface area contributed by atoms with Gasteiger partial charge >= 0.3 is 0 Å². The fourth-order valence-electron chi connectivity index (χ4n) is 1.94. The van der Waals surface area contributed by atoms with Gasteiger partial charge in [-0.1, -0.05) is 27.2 Å². The molecule has 15 heavy (non-hydrogen) atoms. The van der Waals surface area contributed by atoms with Gasteiger partial charge < -0.3 is 5.32 Å². The van der Waals surface area contributed by atoms with E-state index in [2.05, 4.69) is 44.8 Å². The molecule has 0 spiro atoms. The van der Waals surface area contributed by atoms with Crippen molar-refractivity contribution in [2.75, 3.05) is 19.6 Å². The molecule has 2 atom stereocenters. The molecule has 0 saturated carbocycles. The fraction of sp³-hybridized carbons (Fsp3) is 1.00. The first-order chi connectivity index (χ1) is 7.15. The summed E-state index contributed by atoms with van der Waals surface area (Å²) in [4.78, 5) is 2.55. The molecule has 0 aliphatic rings. The van der Waals surface area contributed by atoms with Crippen LogP contribution >= 0.6 is 0 Å². The van der Waals surface area contributed by atoms with Crippen molar-refractivity contribution in [3.63, 3.8) is 0 Å². The number of hydrogen-bond donors (Lipinski definition) is 1. The monoisotopic (exact) mass is 214 g/mol. The zero-order valence-corrected chi connectivity index (χ0v) is 11.3. The van der Waals surface area contributed by atoms with Gasteiger partial charge in [0.2, 0.25) is 0 Å². The highest BCUT2D eigenvalue weighted by molar-refractivity contribution is 4.67. The van der Waals surface area contributed by atoms with Crippen molar-refractivity contribution in [3.05, 3.63) is 0 Å². The molecule has 1 N–H and O–H groups in total. The Morgan fingerprint density at radius 3 is 2.27 bits per heavy atom. The van der Waals surface area contributed by atoms with E-state index in [-0.39, 0.29) is 0 Å². The fourth-order valence-corrected chi connectivity index (χ4v) is 1.94. The molecule has 0 aromatic heterocycles. The molecule has 0 aliphatic heterocycles. The highest BCUT2D eigenvalue weighted by Crippen LogP contribution is 2.02. The smallest absolute Gasteiger partial charge is 0.0110 e. The second-order valence-electron chi connectivity index (χ2n) is 4.53. The largest absolute Gasteiger partial charge is 0.313 e. The molecule has 2 unspecified atom stereocenters. The molecule has 0 aromatic rings. The quantitative estimate of drug-likeness (QED) is 0.635. The number of rotatable bonds is 9. The van der Waals surface area contributed by atoms with E-state index >= 15 is 0 Å². The van der Waals surface area contributed by atoms with Crippen molar-refractivity contribution in [2.45, 2.75) is 66.0 Å². The normalized spacial score (nSPS) is 15.6. The summed E-state index contributed by atoms with van der Waals surface area (Å²) in [6, 6.07) is 1.39. The van der Waals surface area contributed by atoms with E-state index in [1.54, 1.807) is 0 Å². The maximum Gasteiger partial charge on any atom is 0.0110 e. The zero-order chi connectivity index (χ0) is 11.7. The number of hydrogen-bond acceptors (Lipinski definition) is 2. The molecule has 0 rings (SSSR count). The molecule has 0 amide bonds. The second-order valence-corrected chi connectivity index (χ2v) is 4.53. The Balaban J connectivity index is 3.62. The Labute approximate surface area is 96.4 Å². The van der Waals surface area contributed by atoms with Crippen molar-refractivity contribution in [1.29, 1.82) is 0 Å². The molecule has 0 bridgehead atoms. The first-order valence-corrected chi connectivity index (χ1v) is 6.63. The SMILES string of the molecule is CCCC(C)NCCN(CC)C(C)CC. The Kier molecular flexibility index (Phi) is 9.12. The van der Waals surface area contributed by atoms with E-state index in [1.807, 2.05) is 0 Å². The van der Waals surface area contributed by atoms with Gasteiger partial charge in [0.25, 0.3) is 0 Å². The Morgan fingerprint density at radius 2 is 1.80 bits per heavy atom. The van der Waals surface area contributed by atoms with Gasteiger partial charge in [-0.3, -0.25) is 4.90 Å². The standard InChI is InChI=1S/C13H30N2/c1-6-9-12(4)14-10-11-15(8-3)13(5)7-2/h12-14H,6-11H2,1-5H3. The van der Waals surface area contributed by atoms with E-state index in [0.29, 0.717) is 6.04 Å². The van der Waals surface area contributed by atoms with Crippen LogP contribution < -0.4 is 5.32 Å². The van der Waals surface area contributed by atoms with Gasteiger partial charge in [-0.05, 0) is 33.2 Å². The minimum absolute atomic E-state index is 0.672. The van der Waals surface area contributed by atoms with Crippen molar-refractivity contribution in [1.82, 2.24) is 10.2 Å². The third-order valence-electron chi connectivity index (χ3n) is 3.23. The molecule has 2 heteroatoms. The molecule has 92 valence electrons. The third kappa shape index (κ3) is 6.91. The van der Waals surface area contributed by atoms with Crippen molar-refractivity contribution in [2.24, 2.45) is 0 Å². The summed E-state index contributed by atoms with van der Waals surface area (Å²) in [5.74, 6) is 0. The van der Waals surface area contributed by atoms with Crippen LogP contribution in [-0.4, -0.2) is 36.6 Å². The summed E-state index contributed by atoms with van der Waals surface area (Å²) in [5, 5.41) is 3.59. The lowest BCUT2D eigenvalue weighted by Gasteiger charge is -2.27. The number of nitrogens with zero attached hydrogens (tertiary/aromatic N) is 1. The van der Waals surface area contributed by atoms with Crippen LogP contribution in [0.4, 0.5) is 0 Å². The van der Waals surface area contributed by atoms with Crippen molar-refractivity contribution < 1.29 is 0 Å². The first-order valence-electron chi connectivity index (χ1n) is 6.63. The van der Waals surface area contributed by atoms with Crippen molar-refractivity contribution in [3.8, 4) is 0 Å². The minimum Gasteiger partial charge on any atom is -0.313 e. The van der Waals surface area contributed by atoms with Crippen LogP contribution in [0.1, 0.15) is 53.9 Å². The predicted octanol–water partition coefficient (Wildman–Crippen LogP) is 2.89. The summed E-state index contributed by atoms with van der Waals surface area (Å²) >= 11 is 0. The van der Waals surface area contributed by atoms with Gasteiger partial charge in [0.05, 0.1) is 0 Å². The van der Waals surface area contributed by atoms with Crippen LogP contribution in [0.5, 0.6) is 0 Å². The predicted molar refractivity (Wildman–Crippen MR) is 69.4 cm³/mol.